The maximum absolute atomic E-state index is 11.6. The van der Waals surface area contributed by atoms with E-state index in [9.17, 15) is 9.70 Å². The van der Waals surface area contributed by atoms with Gasteiger partial charge in [-0.2, -0.15) is 4.91 Å². The summed E-state index contributed by atoms with van der Waals surface area (Å²) < 4.78 is 5.55. The second-order valence-corrected chi connectivity index (χ2v) is 5.74. The molecule has 0 aliphatic carbocycles. The number of carbonyl (C=O) groups excluding carboxylic acids is 1. The Bertz CT molecular complexity index is 718. The number of ether oxygens (including phenoxy) is 1. The van der Waals surface area contributed by atoms with Crippen molar-refractivity contribution in [2.24, 2.45) is 11.1 Å². The van der Waals surface area contributed by atoms with Crippen molar-refractivity contribution in [3.8, 4) is 0 Å². The van der Waals surface area contributed by atoms with Gasteiger partial charge in [0, 0.05) is 16.1 Å². The van der Waals surface area contributed by atoms with Gasteiger partial charge in [-0.1, -0.05) is 17.3 Å². The number of esters is 1. The van der Waals surface area contributed by atoms with Crippen molar-refractivity contribution in [1.29, 1.82) is 0 Å². The molecule has 0 amide bonds. The average Bonchev–Trinajstić information content (AvgIpc) is 2.54. The van der Waals surface area contributed by atoms with Crippen LogP contribution in [0.4, 0.5) is 0 Å². The molecule has 5 nitrogen and oxygen atoms in total. The molecule has 0 aliphatic rings. The molecule has 0 spiro atoms. The van der Waals surface area contributed by atoms with E-state index in [4.69, 9.17) is 4.74 Å². The van der Waals surface area contributed by atoms with Gasteiger partial charge in [0.2, 0.25) is 0 Å². The number of benzene rings is 1. The zero-order valence-electron chi connectivity index (χ0n) is 12.0. The predicted octanol–water partition coefficient (Wildman–Crippen LogP) is 4.17. The van der Waals surface area contributed by atoms with Crippen LogP contribution in [0.2, 0.25) is 0 Å². The van der Waals surface area contributed by atoms with Crippen LogP contribution in [0.1, 0.15) is 18.0 Å². The molecule has 2 aromatic rings. The number of carbonyl (C=O) groups is 1. The molecule has 0 radical (unpaired) electrons. The summed E-state index contributed by atoms with van der Waals surface area (Å²) in [6, 6.07) is 6.75. The summed E-state index contributed by atoms with van der Waals surface area (Å²) in [6.07, 6.45) is 3.41. The Morgan fingerprint density at radius 3 is 2.91 bits per heavy atom. The summed E-state index contributed by atoms with van der Waals surface area (Å²) in [6.45, 7) is 3.61. The molecule has 0 saturated heterocycles. The lowest BCUT2D eigenvalue weighted by atomic mass is 9.94. The highest BCUT2D eigenvalue weighted by Gasteiger charge is 2.23. The third-order valence-corrected chi connectivity index (χ3v) is 3.88. The molecule has 0 fully saturated rings. The van der Waals surface area contributed by atoms with E-state index in [1.165, 1.54) is 13.2 Å². The monoisotopic (exact) mass is 362 g/mol. The molecule has 1 aromatic carbocycles. The normalized spacial score (nSPS) is 13.4. The summed E-state index contributed by atoms with van der Waals surface area (Å²) in [5.41, 5.74) is 1.56. The lowest BCUT2D eigenvalue weighted by Crippen LogP contribution is -2.16. The van der Waals surface area contributed by atoms with Crippen molar-refractivity contribution in [1.82, 2.24) is 4.98 Å². The molecule has 0 aliphatic heterocycles. The number of nitrogens with zero attached hydrogens (tertiary/aromatic N) is 2. The predicted molar refractivity (Wildman–Crippen MR) is 88.3 cm³/mol. The van der Waals surface area contributed by atoms with E-state index >= 15 is 0 Å². The first-order valence-corrected chi connectivity index (χ1v) is 7.46. The third-order valence-electron chi connectivity index (χ3n) is 3.45. The fourth-order valence-electron chi connectivity index (χ4n) is 2.25. The molecule has 2 atom stereocenters. The van der Waals surface area contributed by atoms with E-state index in [1.54, 1.807) is 12.3 Å². The fourth-order valence-corrected chi connectivity index (χ4v) is 2.60. The molecular weight excluding hydrogens is 348 g/mol. The lowest BCUT2D eigenvalue weighted by Gasteiger charge is -2.15. The number of fused-ring (bicyclic) bond motifs is 1. The Labute approximate surface area is 136 Å². The maximum Gasteiger partial charge on any atom is 0.312 e. The highest BCUT2D eigenvalue weighted by Crippen LogP contribution is 2.29. The molecule has 1 heterocycles. The zero-order valence-corrected chi connectivity index (χ0v) is 13.6. The Hall–Kier alpha value is -2.08. The van der Waals surface area contributed by atoms with Crippen molar-refractivity contribution in [2.45, 2.75) is 12.5 Å². The van der Waals surface area contributed by atoms with Gasteiger partial charge in [-0.25, -0.2) is 0 Å². The van der Waals surface area contributed by atoms with Crippen LogP contribution >= 0.6 is 15.9 Å². The van der Waals surface area contributed by atoms with Gasteiger partial charge in [-0.3, -0.25) is 9.78 Å². The highest BCUT2D eigenvalue weighted by molar-refractivity contribution is 9.10. The molecular formula is C16H15BrN2O3. The van der Waals surface area contributed by atoms with E-state index in [1.807, 2.05) is 18.2 Å². The summed E-state index contributed by atoms with van der Waals surface area (Å²) >= 11 is 3.37. The van der Waals surface area contributed by atoms with Crippen LogP contribution < -0.4 is 0 Å². The minimum absolute atomic E-state index is 0.229. The quantitative estimate of drug-likeness (QED) is 0.439. The number of hydrogen-bond donors (Lipinski definition) is 0. The largest absolute Gasteiger partial charge is 0.469 e. The van der Waals surface area contributed by atoms with E-state index < -0.39 is 17.9 Å². The summed E-state index contributed by atoms with van der Waals surface area (Å²) in [5, 5.41) is 4.05. The van der Waals surface area contributed by atoms with Crippen LogP contribution in [0.25, 0.3) is 10.9 Å². The first kappa shape index (κ1) is 16.3. The van der Waals surface area contributed by atoms with Gasteiger partial charge < -0.3 is 4.74 Å². The van der Waals surface area contributed by atoms with Gasteiger partial charge in [-0.15, -0.1) is 6.58 Å². The molecule has 22 heavy (non-hydrogen) atoms. The Kier molecular flexibility index (Phi) is 5.38. The molecule has 2 unspecified atom stereocenters. The van der Waals surface area contributed by atoms with E-state index in [-0.39, 0.29) is 6.42 Å². The van der Waals surface area contributed by atoms with Crippen LogP contribution in [0.15, 0.2) is 52.8 Å². The van der Waals surface area contributed by atoms with Gasteiger partial charge in [0.05, 0.1) is 18.5 Å². The average molecular weight is 363 g/mol. The van der Waals surface area contributed by atoms with E-state index in [0.717, 1.165) is 20.9 Å². The van der Waals surface area contributed by atoms with E-state index in [0.29, 0.717) is 0 Å². The number of nitroso groups, excluding NO2 is 1. The Morgan fingerprint density at radius 2 is 2.27 bits per heavy atom. The second-order valence-electron chi connectivity index (χ2n) is 4.83. The molecule has 114 valence electrons. The summed E-state index contributed by atoms with van der Waals surface area (Å²) in [5.74, 6) is -0.988. The number of pyridine rings is 1. The fraction of sp³-hybridized carbons (Fsp3) is 0.250. The van der Waals surface area contributed by atoms with Crippen molar-refractivity contribution in [3.63, 3.8) is 0 Å². The Morgan fingerprint density at radius 1 is 1.50 bits per heavy atom. The Balaban J connectivity index is 2.32. The first-order valence-electron chi connectivity index (χ1n) is 6.67. The van der Waals surface area contributed by atoms with E-state index in [2.05, 4.69) is 32.7 Å². The summed E-state index contributed by atoms with van der Waals surface area (Å²) in [7, 11) is 1.31. The lowest BCUT2D eigenvalue weighted by molar-refractivity contribution is -0.144. The topological polar surface area (TPSA) is 68.6 Å². The SMILES string of the molecule is C=CC(CC(N=O)c1ccc2ncc(Br)cc2c1)C(=O)OC. The highest BCUT2D eigenvalue weighted by atomic mass is 79.9. The number of methoxy groups -OCH3 is 1. The van der Waals surface area contributed by atoms with Crippen LogP contribution in [0.5, 0.6) is 0 Å². The standard InChI is InChI=1S/C16H15BrN2O3/c1-3-10(16(20)22-2)8-15(19-21)11-4-5-14-12(6-11)7-13(17)9-18-14/h3-7,9-10,15H,1,8H2,2H3. The van der Waals surface area contributed by atoms with Gasteiger partial charge in [0.1, 0.15) is 6.04 Å². The number of halogens is 1. The third kappa shape index (κ3) is 3.57. The van der Waals surface area contributed by atoms with Crippen molar-refractivity contribution in [2.75, 3.05) is 7.11 Å². The second kappa shape index (κ2) is 7.26. The zero-order chi connectivity index (χ0) is 16.1. The molecule has 0 saturated carbocycles. The van der Waals surface area contributed by atoms with Crippen LogP contribution in [0, 0.1) is 10.8 Å². The molecule has 2 rings (SSSR count). The molecule has 0 bridgehead atoms. The van der Waals surface area contributed by atoms with Crippen LogP contribution in [0.3, 0.4) is 0 Å². The minimum Gasteiger partial charge on any atom is -0.469 e. The smallest absolute Gasteiger partial charge is 0.312 e. The molecule has 1 aromatic heterocycles. The molecule has 6 heteroatoms. The van der Waals surface area contributed by atoms with Crippen LogP contribution in [-0.4, -0.2) is 18.1 Å². The summed E-state index contributed by atoms with van der Waals surface area (Å²) in [4.78, 5) is 27.1. The van der Waals surface area contributed by atoms with Gasteiger partial charge in [0.25, 0.3) is 0 Å². The number of hydrogen-bond acceptors (Lipinski definition) is 5. The van der Waals surface area contributed by atoms with Gasteiger partial charge >= 0.3 is 5.97 Å². The first-order chi connectivity index (χ1) is 10.6. The van der Waals surface area contributed by atoms with Crippen molar-refractivity contribution < 1.29 is 9.53 Å². The van der Waals surface area contributed by atoms with Crippen LogP contribution in [-0.2, 0) is 9.53 Å². The number of aromatic nitrogens is 1. The van der Waals surface area contributed by atoms with Crippen molar-refractivity contribution >= 4 is 32.8 Å². The van der Waals surface area contributed by atoms with Gasteiger partial charge in [-0.05, 0) is 46.1 Å². The number of rotatable bonds is 6. The van der Waals surface area contributed by atoms with Crippen molar-refractivity contribution in [3.05, 3.63) is 58.1 Å². The molecule has 0 N–H and O–H groups in total. The maximum atomic E-state index is 11.6. The minimum atomic E-state index is -0.648. The van der Waals surface area contributed by atoms with Gasteiger partial charge in [0.15, 0.2) is 0 Å².